The number of hydrogen-bond donors (Lipinski definition) is 2. The summed E-state index contributed by atoms with van der Waals surface area (Å²) >= 11 is 0. The van der Waals surface area contributed by atoms with Gasteiger partial charge in [0, 0.05) is 6.04 Å². The van der Waals surface area contributed by atoms with Gasteiger partial charge >= 0.3 is 0 Å². The zero-order valence-electron chi connectivity index (χ0n) is 9.33. The van der Waals surface area contributed by atoms with E-state index in [-0.39, 0.29) is 6.04 Å². The van der Waals surface area contributed by atoms with Gasteiger partial charge in [0.25, 0.3) is 0 Å². The van der Waals surface area contributed by atoms with Crippen molar-refractivity contribution in [3.8, 4) is 0 Å². The Hall–Kier alpha value is -0.860. The number of aliphatic hydroxyl groups is 1. The van der Waals surface area contributed by atoms with E-state index in [1.54, 1.807) is 0 Å². The normalized spacial score (nSPS) is 15.2. The maximum Gasteiger partial charge on any atom is 0.0940 e. The van der Waals surface area contributed by atoms with Gasteiger partial charge in [-0.15, -0.1) is 0 Å². The average Bonchev–Trinajstić information content (AvgIpc) is 2.20. The van der Waals surface area contributed by atoms with Gasteiger partial charge < -0.3 is 10.4 Å². The predicted molar refractivity (Wildman–Crippen MR) is 59.4 cm³/mol. The zero-order valence-corrected chi connectivity index (χ0v) is 9.33. The van der Waals surface area contributed by atoms with E-state index >= 15 is 0 Å². The van der Waals surface area contributed by atoms with Crippen LogP contribution in [0.4, 0.5) is 0 Å². The smallest absolute Gasteiger partial charge is 0.0940 e. The van der Waals surface area contributed by atoms with Crippen molar-refractivity contribution in [2.45, 2.75) is 32.9 Å². The molecule has 0 saturated carbocycles. The number of nitrogens with one attached hydrogen (secondary N) is 1. The van der Waals surface area contributed by atoms with Crippen LogP contribution in [0.3, 0.4) is 0 Å². The third-order valence-corrected chi connectivity index (χ3v) is 2.80. The second kappa shape index (κ2) is 4.58. The van der Waals surface area contributed by atoms with Gasteiger partial charge in [-0.25, -0.2) is 0 Å². The first-order valence-electron chi connectivity index (χ1n) is 4.98. The second-order valence-corrected chi connectivity index (χ2v) is 3.87. The summed E-state index contributed by atoms with van der Waals surface area (Å²) < 4.78 is 0. The molecule has 2 atom stereocenters. The molecule has 1 rings (SSSR count). The summed E-state index contributed by atoms with van der Waals surface area (Å²) in [4.78, 5) is 0. The third-order valence-electron chi connectivity index (χ3n) is 2.80. The first kappa shape index (κ1) is 11.2. The van der Waals surface area contributed by atoms with Crippen molar-refractivity contribution in [2.24, 2.45) is 0 Å². The van der Waals surface area contributed by atoms with Gasteiger partial charge in [-0.2, -0.15) is 0 Å². The molecule has 0 aromatic heterocycles. The van der Waals surface area contributed by atoms with Crippen LogP contribution in [0.25, 0.3) is 0 Å². The molecule has 0 radical (unpaired) electrons. The molecule has 2 N–H and O–H groups in total. The molecule has 0 aliphatic heterocycles. The summed E-state index contributed by atoms with van der Waals surface area (Å²) in [5, 5.41) is 13.0. The maximum atomic E-state index is 9.94. The Balaban J connectivity index is 2.91. The van der Waals surface area contributed by atoms with E-state index in [1.165, 1.54) is 11.1 Å². The lowest BCUT2D eigenvalue weighted by Gasteiger charge is -2.19. The molecule has 0 heterocycles. The van der Waals surface area contributed by atoms with Crippen molar-refractivity contribution >= 4 is 0 Å². The summed E-state index contributed by atoms with van der Waals surface area (Å²) in [5.74, 6) is 0. The molecule has 0 amide bonds. The molecule has 0 aliphatic carbocycles. The number of hydrogen-bond acceptors (Lipinski definition) is 2. The second-order valence-electron chi connectivity index (χ2n) is 3.87. The quantitative estimate of drug-likeness (QED) is 0.769. The predicted octanol–water partition coefficient (Wildman–Crippen LogP) is 1.94. The molecule has 0 saturated heterocycles. The van der Waals surface area contributed by atoms with Gasteiger partial charge in [0.05, 0.1) is 6.10 Å². The van der Waals surface area contributed by atoms with E-state index in [4.69, 9.17) is 0 Å². The Kier molecular flexibility index (Phi) is 3.67. The minimum atomic E-state index is -0.431. The van der Waals surface area contributed by atoms with Crippen molar-refractivity contribution in [2.75, 3.05) is 7.05 Å². The standard InChI is InChI=1S/C12H19NO/c1-8-5-6-11(7-9(8)2)12(14)10(3)13-4/h5-7,10,12-14H,1-4H3/t10-,12+/m0/s1. The molecule has 0 aliphatic rings. The first-order chi connectivity index (χ1) is 6.56. The van der Waals surface area contributed by atoms with Crippen molar-refractivity contribution in [1.29, 1.82) is 0 Å². The molecule has 0 fully saturated rings. The Morgan fingerprint density at radius 3 is 2.36 bits per heavy atom. The van der Waals surface area contributed by atoms with Gasteiger partial charge in [0.2, 0.25) is 0 Å². The summed E-state index contributed by atoms with van der Waals surface area (Å²) in [6, 6.07) is 6.17. The van der Waals surface area contributed by atoms with Crippen LogP contribution < -0.4 is 5.32 Å². The van der Waals surface area contributed by atoms with Gasteiger partial charge in [-0.3, -0.25) is 0 Å². The Morgan fingerprint density at radius 1 is 1.21 bits per heavy atom. The van der Waals surface area contributed by atoms with Gasteiger partial charge in [-0.05, 0) is 44.5 Å². The van der Waals surface area contributed by atoms with Crippen LogP contribution in [0.15, 0.2) is 18.2 Å². The fourth-order valence-corrected chi connectivity index (χ4v) is 1.40. The summed E-state index contributed by atoms with van der Waals surface area (Å²) in [6.07, 6.45) is -0.431. The summed E-state index contributed by atoms with van der Waals surface area (Å²) in [7, 11) is 1.86. The fraction of sp³-hybridized carbons (Fsp3) is 0.500. The highest BCUT2D eigenvalue weighted by molar-refractivity contribution is 5.31. The topological polar surface area (TPSA) is 32.3 Å². The Labute approximate surface area is 86.0 Å². The number of likely N-dealkylation sites (N-methyl/N-ethyl adjacent to an activating group) is 1. The highest BCUT2D eigenvalue weighted by Crippen LogP contribution is 2.19. The zero-order chi connectivity index (χ0) is 10.7. The van der Waals surface area contributed by atoms with Crippen molar-refractivity contribution in [3.63, 3.8) is 0 Å². The van der Waals surface area contributed by atoms with Crippen LogP contribution in [0, 0.1) is 13.8 Å². The van der Waals surface area contributed by atoms with Crippen LogP contribution in [-0.2, 0) is 0 Å². The lowest BCUT2D eigenvalue weighted by molar-refractivity contribution is 0.140. The molecule has 2 heteroatoms. The van der Waals surface area contributed by atoms with Crippen LogP contribution in [0.1, 0.15) is 29.7 Å². The SMILES string of the molecule is CN[C@@H](C)[C@@H](O)c1ccc(C)c(C)c1. The Morgan fingerprint density at radius 2 is 1.86 bits per heavy atom. The van der Waals surface area contributed by atoms with E-state index in [1.807, 2.05) is 26.1 Å². The lowest BCUT2D eigenvalue weighted by atomic mass is 9.99. The lowest BCUT2D eigenvalue weighted by Crippen LogP contribution is -2.28. The highest BCUT2D eigenvalue weighted by atomic mass is 16.3. The monoisotopic (exact) mass is 193 g/mol. The first-order valence-corrected chi connectivity index (χ1v) is 4.98. The summed E-state index contributed by atoms with van der Waals surface area (Å²) in [5.41, 5.74) is 3.47. The third kappa shape index (κ3) is 2.34. The molecule has 2 nitrogen and oxygen atoms in total. The van der Waals surface area contributed by atoms with Crippen LogP contribution >= 0.6 is 0 Å². The van der Waals surface area contributed by atoms with Gasteiger partial charge in [-0.1, -0.05) is 18.2 Å². The largest absolute Gasteiger partial charge is 0.387 e. The van der Waals surface area contributed by atoms with Crippen molar-refractivity contribution in [1.82, 2.24) is 5.32 Å². The van der Waals surface area contributed by atoms with Gasteiger partial charge in [0.15, 0.2) is 0 Å². The Bertz CT molecular complexity index is 309. The summed E-state index contributed by atoms with van der Waals surface area (Å²) in [6.45, 7) is 6.11. The van der Waals surface area contributed by atoms with Crippen molar-refractivity contribution in [3.05, 3.63) is 34.9 Å². The van der Waals surface area contributed by atoms with Crippen LogP contribution in [0.5, 0.6) is 0 Å². The number of aryl methyl sites for hydroxylation is 2. The van der Waals surface area contributed by atoms with E-state index in [0.29, 0.717) is 0 Å². The van der Waals surface area contributed by atoms with E-state index in [0.717, 1.165) is 5.56 Å². The van der Waals surface area contributed by atoms with Crippen LogP contribution in [-0.4, -0.2) is 18.2 Å². The van der Waals surface area contributed by atoms with Gasteiger partial charge in [0.1, 0.15) is 0 Å². The number of rotatable bonds is 3. The molecule has 1 aromatic carbocycles. The van der Waals surface area contributed by atoms with Crippen LogP contribution in [0.2, 0.25) is 0 Å². The molecule has 78 valence electrons. The van der Waals surface area contributed by atoms with E-state index in [9.17, 15) is 5.11 Å². The minimum Gasteiger partial charge on any atom is -0.387 e. The van der Waals surface area contributed by atoms with E-state index < -0.39 is 6.10 Å². The number of aliphatic hydroxyl groups excluding tert-OH is 1. The minimum absolute atomic E-state index is 0.0807. The molecule has 14 heavy (non-hydrogen) atoms. The molecule has 0 unspecified atom stereocenters. The number of benzene rings is 1. The average molecular weight is 193 g/mol. The molecule has 0 bridgehead atoms. The molecular formula is C12H19NO. The highest BCUT2D eigenvalue weighted by Gasteiger charge is 2.14. The maximum absolute atomic E-state index is 9.94. The van der Waals surface area contributed by atoms with E-state index in [2.05, 4.69) is 25.2 Å². The molecule has 1 aromatic rings. The van der Waals surface area contributed by atoms with Crippen molar-refractivity contribution < 1.29 is 5.11 Å². The molecule has 0 spiro atoms. The molecular weight excluding hydrogens is 174 g/mol. The fourth-order valence-electron chi connectivity index (χ4n) is 1.40.